The molecule has 1 heterocycles. The minimum Gasteiger partial charge on any atom is -0.469 e. The molecule has 0 unspecified atom stereocenters. The Morgan fingerprint density at radius 3 is 2.88 bits per heavy atom. The van der Waals surface area contributed by atoms with E-state index in [1.165, 1.54) is 6.42 Å². The number of unbranched alkanes of at least 4 members (excludes halogenated alkanes) is 1. The number of rotatable bonds is 7. The molecule has 1 aromatic heterocycles. The molecule has 0 aliphatic rings. The minimum atomic E-state index is 0.839. The van der Waals surface area contributed by atoms with Crippen LogP contribution in [0.4, 0.5) is 0 Å². The standard InChI is InChI=1S/C13H23N3O/c1-3-5-9-15-13(14-4-2)16-10-8-12-7-6-11-17-12/h6-7,11H,3-5,8-10H2,1-2H3,(H2,14,15,16). The molecular weight excluding hydrogens is 214 g/mol. The molecule has 0 aromatic carbocycles. The van der Waals surface area contributed by atoms with Gasteiger partial charge in [0.2, 0.25) is 0 Å². The first-order valence-electron chi connectivity index (χ1n) is 6.41. The van der Waals surface area contributed by atoms with Gasteiger partial charge in [0, 0.05) is 26.1 Å². The lowest BCUT2D eigenvalue weighted by molar-refractivity contribution is 0.507. The van der Waals surface area contributed by atoms with Crippen LogP contribution in [0.5, 0.6) is 0 Å². The summed E-state index contributed by atoms with van der Waals surface area (Å²) in [5.41, 5.74) is 0. The first-order chi connectivity index (χ1) is 8.36. The summed E-state index contributed by atoms with van der Waals surface area (Å²) in [4.78, 5) is 4.49. The molecule has 0 spiro atoms. The lowest BCUT2D eigenvalue weighted by Gasteiger charge is -2.10. The molecule has 4 heteroatoms. The molecule has 1 rings (SSSR count). The van der Waals surface area contributed by atoms with Crippen molar-refractivity contribution >= 4 is 5.96 Å². The van der Waals surface area contributed by atoms with E-state index in [1.807, 2.05) is 12.1 Å². The normalized spacial score (nSPS) is 11.5. The van der Waals surface area contributed by atoms with Gasteiger partial charge >= 0.3 is 0 Å². The highest BCUT2D eigenvalue weighted by Gasteiger charge is 1.98. The van der Waals surface area contributed by atoms with E-state index < -0.39 is 0 Å². The van der Waals surface area contributed by atoms with Crippen molar-refractivity contribution in [3.05, 3.63) is 24.2 Å². The van der Waals surface area contributed by atoms with E-state index in [9.17, 15) is 0 Å². The fraction of sp³-hybridized carbons (Fsp3) is 0.615. The Labute approximate surface area is 104 Å². The lowest BCUT2D eigenvalue weighted by Crippen LogP contribution is -2.38. The Morgan fingerprint density at radius 2 is 2.24 bits per heavy atom. The smallest absolute Gasteiger partial charge is 0.191 e. The Balaban J connectivity index is 2.25. The second-order valence-electron chi connectivity index (χ2n) is 3.87. The Kier molecular flexibility index (Phi) is 6.95. The number of hydrogen-bond acceptors (Lipinski definition) is 2. The van der Waals surface area contributed by atoms with E-state index in [0.29, 0.717) is 0 Å². The quantitative estimate of drug-likeness (QED) is 0.434. The van der Waals surface area contributed by atoms with Crippen molar-refractivity contribution in [2.75, 3.05) is 19.6 Å². The van der Waals surface area contributed by atoms with Crippen molar-refractivity contribution in [1.82, 2.24) is 10.6 Å². The molecule has 96 valence electrons. The largest absolute Gasteiger partial charge is 0.469 e. The van der Waals surface area contributed by atoms with Gasteiger partial charge in [-0.3, -0.25) is 4.99 Å². The molecule has 1 aromatic rings. The van der Waals surface area contributed by atoms with Crippen molar-refractivity contribution in [3.8, 4) is 0 Å². The second kappa shape index (κ2) is 8.67. The average molecular weight is 237 g/mol. The van der Waals surface area contributed by atoms with Crippen molar-refractivity contribution in [1.29, 1.82) is 0 Å². The van der Waals surface area contributed by atoms with Crippen molar-refractivity contribution in [3.63, 3.8) is 0 Å². The zero-order valence-electron chi connectivity index (χ0n) is 10.8. The predicted molar refractivity (Wildman–Crippen MR) is 71.3 cm³/mol. The topological polar surface area (TPSA) is 49.6 Å². The highest BCUT2D eigenvalue weighted by Crippen LogP contribution is 1.99. The highest BCUT2D eigenvalue weighted by atomic mass is 16.3. The lowest BCUT2D eigenvalue weighted by atomic mass is 10.3. The first kappa shape index (κ1) is 13.6. The predicted octanol–water partition coefficient (Wildman–Crippen LogP) is 2.18. The summed E-state index contributed by atoms with van der Waals surface area (Å²) in [6.45, 7) is 6.85. The number of aliphatic imine (C=N–C) groups is 1. The van der Waals surface area contributed by atoms with Crippen molar-refractivity contribution < 1.29 is 4.42 Å². The molecule has 0 saturated heterocycles. The van der Waals surface area contributed by atoms with Gasteiger partial charge < -0.3 is 15.1 Å². The maximum atomic E-state index is 5.27. The number of nitrogens with one attached hydrogen (secondary N) is 2. The van der Waals surface area contributed by atoms with Gasteiger partial charge in [0.15, 0.2) is 5.96 Å². The SMILES string of the molecule is CCCCN=C(NCC)NCCc1ccco1. The Morgan fingerprint density at radius 1 is 1.35 bits per heavy atom. The fourth-order valence-electron chi connectivity index (χ4n) is 1.45. The van der Waals surface area contributed by atoms with Crippen LogP contribution in [0.2, 0.25) is 0 Å². The van der Waals surface area contributed by atoms with Crippen molar-refractivity contribution in [2.45, 2.75) is 33.1 Å². The molecule has 0 amide bonds. The van der Waals surface area contributed by atoms with E-state index in [0.717, 1.165) is 44.2 Å². The molecular formula is C13H23N3O. The molecule has 17 heavy (non-hydrogen) atoms. The number of hydrogen-bond donors (Lipinski definition) is 2. The van der Waals surface area contributed by atoms with Crippen LogP contribution in [0.3, 0.4) is 0 Å². The van der Waals surface area contributed by atoms with Gasteiger partial charge in [0.1, 0.15) is 5.76 Å². The fourth-order valence-corrected chi connectivity index (χ4v) is 1.45. The molecule has 0 bridgehead atoms. The van der Waals surface area contributed by atoms with Crippen LogP contribution in [0.15, 0.2) is 27.8 Å². The summed E-state index contributed by atoms with van der Waals surface area (Å²) >= 11 is 0. The van der Waals surface area contributed by atoms with Crippen molar-refractivity contribution in [2.24, 2.45) is 4.99 Å². The molecule has 4 nitrogen and oxygen atoms in total. The molecule has 0 aliphatic heterocycles. The Hall–Kier alpha value is -1.45. The summed E-state index contributed by atoms with van der Waals surface area (Å²) in [7, 11) is 0. The third-order valence-corrected chi connectivity index (χ3v) is 2.37. The van der Waals surface area contributed by atoms with Gasteiger partial charge in [0.05, 0.1) is 6.26 Å². The zero-order valence-corrected chi connectivity index (χ0v) is 10.8. The van der Waals surface area contributed by atoms with Crippen LogP contribution in [0.25, 0.3) is 0 Å². The first-order valence-corrected chi connectivity index (χ1v) is 6.41. The number of guanidine groups is 1. The monoisotopic (exact) mass is 237 g/mol. The summed E-state index contributed by atoms with van der Waals surface area (Å²) in [5.74, 6) is 1.90. The summed E-state index contributed by atoms with van der Waals surface area (Å²) in [6.07, 6.45) is 4.89. The van der Waals surface area contributed by atoms with Crippen LogP contribution in [-0.4, -0.2) is 25.6 Å². The van der Waals surface area contributed by atoms with Crippen LogP contribution >= 0.6 is 0 Å². The minimum absolute atomic E-state index is 0.839. The molecule has 0 atom stereocenters. The van der Waals surface area contributed by atoms with Gasteiger partial charge in [-0.25, -0.2) is 0 Å². The van der Waals surface area contributed by atoms with E-state index in [4.69, 9.17) is 4.42 Å². The van der Waals surface area contributed by atoms with E-state index in [1.54, 1.807) is 6.26 Å². The van der Waals surface area contributed by atoms with Crippen LogP contribution in [0, 0.1) is 0 Å². The van der Waals surface area contributed by atoms with E-state index in [-0.39, 0.29) is 0 Å². The van der Waals surface area contributed by atoms with Gasteiger partial charge in [-0.05, 0) is 25.5 Å². The second-order valence-corrected chi connectivity index (χ2v) is 3.87. The number of nitrogens with zero attached hydrogens (tertiary/aromatic N) is 1. The maximum Gasteiger partial charge on any atom is 0.191 e. The van der Waals surface area contributed by atoms with E-state index in [2.05, 4.69) is 29.5 Å². The van der Waals surface area contributed by atoms with Gasteiger partial charge in [-0.15, -0.1) is 0 Å². The summed E-state index contributed by atoms with van der Waals surface area (Å²) in [5, 5.41) is 6.53. The number of furan rings is 1. The van der Waals surface area contributed by atoms with Gasteiger partial charge in [-0.1, -0.05) is 13.3 Å². The highest BCUT2D eigenvalue weighted by molar-refractivity contribution is 5.79. The van der Waals surface area contributed by atoms with Gasteiger partial charge in [-0.2, -0.15) is 0 Å². The molecule has 0 radical (unpaired) electrons. The summed E-state index contributed by atoms with van der Waals surface area (Å²) < 4.78 is 5.27. The molecule has 0 aliphatic carbocycles. The third kappa shape index (κ3) is 6.00. The van der Waals surface area contributed by atoms with E-state index >= 15 is 0 Å². The molecule has 0 saturated carbocycles. The summed E-state index contributed by atoms with van der Waals surface area (Å²) in [6, 6.07) is 3.90. The van der Waals surface area contributed by atoms with Crippen LogP contribution in [-0.2, 0) is 6.42 Å². The van der Waals surface area contributed by atoms with Crippen LogP contribution in [0.1, 0.15) is 32.4 Å². The Bertz CT molecular complexity index is 306. The zero-order chi connectivity index (χ0) is 12.3. The maximum absolute atomic E-state index is 5.27. The average Bonchev–Trinajstić information content (AvgIpc) is 2.82. The van der Waals surface area contributed by atoms with Gasteiger partial charge in [0.25, 0.3) is 0 Å². The molecule has 0 fully saturated rings. The van der Waals surface area contributed by atoms with Crippen LogP contribution < -0.4 is 10.6 Å². The third-order valence-electron chi connectivity index (χ3n) is 2.37. The molecule has 2 N–H and O–H groups in total.